The number of phenols is 1. The minimum Gasteiger partial charge on any atom is -0.505 e. The zero-order chi connectivity index (χ0) is 21.5. The number of rotatable bonds is 7. The molecule has 10 heteroatoms. The van der Waals surface area contributed by atoms with Crippen molar-refractivity contribution in [2.75, 3.05) is 33.4 Å². The fourth-order valence-corrected chi connectivity index (χ4v) is 3.50. The Morgan fingerprint density at radius 1 is 1.40 bits per heavy atom. The monoisotopic (exact) mass is 419 g/mol. The fraction of sp³-hybridized carbons (Fsp3) is 0.450. The van der Waals surface area contributed by atoms with Crippen LogP contribution in [0.2, 0.25) is 0 Å². The second kappa shape index (κ2) is 10.1. The van der Waals surface area contributed by atoms with Crippen LogP contribution in [-0.4, -0.2) is 65.5 Å². The Bertz CT molecular complexity index is 888. The number of urea groups is 1. The molecule has 1 aromatic heterocycles. The van der Waals surface area contributed by atoms with Crippen LogP contribution < -0.4 is 10.6 Å². The minimum atomic E-state index is -0.727. The van der Waals surface area contributed by atoms with Crippen molar-refractivity contribution in [1.82, 2.24) is 25.7 Å². The summed E-state index contributed by atoms with van der Waals surface area (Å²) >= 11 is 0. The number of carbonyl (C=O) groups is 2. The van der Waals surface area contributed by atoms with Gasteiger partial charge >= 0.3 is 6.03 Å². The van der Waals surface area contributed by atoms with Gasteiger partial charge in [-0.3, -0.25) is 9.89 Å². The molecule has 4 N–H and O–H groups in total. The van der Waals surface area contributed by atoms with Crippen LogP contribution in [0.15, 0.2) is 24.4 Å². The number of hydrogen-bond donors (Lipinski definition) is 4. The van der Waals surface area contributed by atoms with Gasteiger partial charge in [0.2, 0.25) is 0 Å². The first kappa shape index (κ1) is 21.6. The van der Waals surface area contributed by atoms with Crippen LogP contribution in [0.4, 0.5) is 9.18 Å². The van der Waals surface area contributed by atoms with Crippen molar-refractivity contribution in [2.45, 2.75) is 25.3 Å². The van der Waals surface area contributed by atoms with E-state index in [1.165, 1.54) is 18.3 Å². The first-order valence-corrected chi connectivity index (χ1v) is 9.80. The lowest BCUT2D eigenvalue weighted by atomic mass is 9.92. The smallest absolute Gasteiger partial charge is 0.317 e. The minimum absolute atomic E-state index is 0.0405. The predicted octanol–water partition coefficient (Wildman–Crippen LogP) is 1.72. The highest BCUT2D eigenvalue weighted by Crippen LogP contribution is 2.28. The molecule has 1 aliphatic rings. The second-order valence-corrected chi connectivity index (χ2v) is 7.18. The Kier molecular flexibility index (Phi) is 7.23. The molecule has 0 spiro atoms. The highest BCUT2D eigenvalue weighted by atomic mass is 19.1. The van der Waals surface area contributed by atoms with E-state index in [9.17, 15) is 19.1 Å². The van der Waals surface area contributed by atoms with Gasteiger partial charge in [-0.15, -0.1) is 0 Å². The van der Waals surface area contributed by atoms with Crippen LogP contribution >= 0.6 is 0 Å². The molecule has 0 unspecified atom stereocenters. The Morgan fingerprint density at radius 2 is 2.23 bits per heavy atom. The molecule has 9 nitrogen and oxygen atoms in total. The lowest BCUT2D eigenvalue weighted by molar-refractivity contribution is 0.0935. The average Bonchev–Trinajstić information content (AvgIpc) is 3.24. The van der Waals surface area contributed by atoms with E-state index < -0.39 is 11.6 Å². The maximum absolute atomic E-state index is 13.4. The first-order valence-electron chi connectivity index (χ1n) is 9.80. The summed E-state index contributed by atoms with van der Waals surface area (Å²) in [5.41, 5.74) is 1.73. The van der Waals surface area contributed by atoms with E-state index in [4.69, 9.17) is 4.74 Å². The standard InChI is InChI=1S/C20H26FN5O4/c1-30-8-6-22-19(28)15-11-24-25-18(15)14-3-2-7-26(12-14)20(29)23-10-13-4-5-17(27)16(21)9-13/h4-5,9,11,14,27H,2-3,6-8,10,12H2,1H3,(H,22,28)(H,23,29)(H,24,25)/t14-/m1/s1. The summed E-state index contributed by atoms with van der Waals surface area (Å²) in [6.45, 7) is 2.00. The normalized spacial score (nSPS) is 16.3. The number of aromatic hydroxyl groups is 1. The maximum atomic E-state index is 13.4. The SMILES string of the molecule is COCCNC(=O)c1cn[nH]c1[C@@H]1CCCN(C(=O)NCc2ccc(O)c(F)c2)C1. The van der Waals surface area contributed by atoms with Crippen molar-refractivity contribution in [1.29, 1.82) is 0 Å². The number of amides is 3. The molecule has 0 radical (unpaired) electrons. The molecule has 1 aliphatic heterocycles. The Hall–Kier alpha value is -3.14. The third-order valence-electron chi connectivity index (χ3n) is 5.08. The molecular formula is C20H26FN5O4. The van der Waals surface area contributed by atoms with E-state index in [-0.39, 0.29) is 24.4 Å². The molecular weight excluding hydrogens is 393 g/mol. The Labute approximate surface area is 173 Å². The van der Waals surface area contributed by atoms with Crippen molar-refractivity contribution >= 4 is 11.9 Å². The quantitative estimate of drug-likeness (QED) is 0.510. The zero-order valence-corrected chi connectivity index (χ0v) is 16.8. The van der Waals surface area contributed by atoms with Crippen molar-refractivity contribution in [3.05, 3.63) is 47.0 Å². The summed E-state index contributed by atoms with van der Waals surface area (Å²) in [4.78, 5) is 26.7. The van der Waals surface area contributed by atoms with Gasteiger partial charge in [-0.25, -0.2) is 9.18 Å². The van der Waals surface area contributed by atoms with Gasteiger partial charge < -0.3 is 25.4 Å². The summed E-state index contributed by atoms with van der Waals surface area (Å²) in [6.07, 6.45) is 3.11. The number of halogens is 1. The molecule has 1 saturated heterocycles. The second-order valence-electron chi connectivity index (χ2n) is 7.18. The van der Waals surface area contributed by atoms with Crippen LogP contribution in [0, 0.1) is 5.82 Å². The summed E-state index contributed by atoms with van der Waals surface area (Å²) in [5, 5.41) is 21.7. The van der Waals surface area contributed by atoms with Crippen LogP contribution in [0.5, 0.6) is 5.75 Å². The number of aromatic amines is 1. The molecule has 162 valence electrons. The number of ether oxygens (including phenoxy) is 1. The zero-order valence-electron chi connectivity index (χ0n) is 16.8. The van der Waals surface area contributed by atoms with Gasteiger partial charge in [0.1, 0.15) is 0 Å². The van der Waals surface area contributed by atoms with Crippen LogP contribution in [0.3, 0.4) is 0 Å². The largest absolute Gasteiger partial charge is 0.505 e. The number of piperidine rings is 1. The van der Waals surface area contributed by atoms with Crippen LogP contribution in [-0.2, 0) is 11.3 Å². The molecule has 0 saturated carbocycles. The Morgan fingerprint density at radius 3 is 3.00 bits per heavy atom. The lowest BCUT2D eigenvalue weighted by Crippen LogP contribution is -2.45. The number of methoxy groups -OCH3 is 1. The van der Waals surface area contributed by atoms with Crippen molar-refractivity contribution < 1.29 is 23.8 Å². The van der Waals surface area contributed by atoms with E-state index in [0.29, 0.717) is 43.1 Å². The van der Waals surface area contributed by atoms with Crippen molar-refractivity contribution in [3.8, 4) is 5.75 Å². The number of hydrogen-bond acceptors (Lipinski definition) is 5. The number of phenolic OH excluding ortho intramolecular Hbond substituents is 1. The number of nitrogens with one attached hydrogen (secondary N) is 3. The fourth-order valence-electron chi connectivity index (χ4n) is 3.50. The summed E-state index contributed by atoms with van der Waals surface area (Å²) in [6, 6.07) is 3.73. The number of H-pyrrole nitrogens is 1. The average molecular weight is 419 g/mol. The maximum Gasteiger partial charge on any atom is 0.317 e. The third kappa shape index (κ3) is 5.26. The van der Waals surface area contributed by atoms with Crippen molar-refractivity contribution in [3.63, 3.8) is 0 Å². The van der Waals surface area contributed by atoms with Gasteiger partial charge in [-0.2, -0.15) is 5.10 Å². The highest BCUT2D eigenvalue weighted by Gasteiger charge is 2.29. The van der Waals surface area contributed by atoms with Gasteiger partial charge in [0.25, 0.3) is 5.91 Å². The lowest BCUT2D eigenvalue weighted by Gasteiger charge is -2.32. The highest BCUT2D eigenvalue weighted by molar-refractivity contribution is 5.95. The molecule has 1 aromatic carbocycles. The molecule has 2 heterocycles. The summed E-state index contributed by atoms with van der Waals surface area (Å²) in [7, 11) is 1.56. The number of carbonyl (C=O) groups excluding carboxylic acids is 2. The van der Waals surface area contributed by atoms with E-state index in [0.717, 1.165) is 12.8 Å². The van der Waals surface area contributed by atoms with E-state index in [1.807, 2.05) is 0 Å². The van der Waals surface area contributed by atoms with Gasteiger partial charge in [0.15, 0.2) is 11.6 Å². The number of nitrogens with zero attached hydrogens (tertiary/aromatic N) is 2. The van der Waals surface area contributed by atoms with Gasteiger partial charge in [-0.1, -0.05) is 6.07 Å². The Balaban J connectivity index is 1.58. The predicted molar refractivity (Wildman–Crippen MR) is 107 cm³/mol. The molecule has 1 atom stereocenters. The van der Waals surface area contributed by atoms with Gasteiger partial charge in [0.05, 0.1) is 24.1 Å². The van der Waals surface area contributed by atoms with E-state index >= 15 is 0 Å². The molecule has 3 rings (SSSR count). The van der Waals surface area contributed by atoms with E-state index in [2.05, 4.69) is 20.8 Å². The topological polar surface area (TPSA) is 120 Å². The number of benzene rings is 1. The summed E-state index contributed by atoms with van der Waals surface area (Å²) < 4.78 is 18.4. The number of aromatic nitrogens is 2. The first-order chi connectivity index (χ1) is 14.5. The molecule has 2 aromatic rings. The molecule has 30 heavy (non-hydrogen) atoms. The third-order valence-corrected chi connectivity index (χ3v) is 5.08. The van der Waals surface area contributed by atoms with Gasteiger partial charge in [-0.05, 0) is 30.5 Å². The molecule has 1 fully saturated rings. The summed E-state index contributed by atoms with van der Waals surface area (Å²) in [5.74, 6) is -1.42. The molecule has 0 bridgehead atoms. The van der Waals surface area contributed by atoms with Gasteiger partial charge in [0, 0.05) is 39.2 Å². The van der Waals surface area contributed by atoms with Crippen LogP contribution in [0.25, 0.3) is 0 Å². The van der Waals surface area contributed by atoms with E-state index in [1.54, 1.807) is 18.1 Å². The number of likely N-dealkylation sites (tertiary alicyclic amines) is 1. The van der Waals surface area contributed by atoms with Crippen molar-refractivity contribution in [2.24, 2.45) is 0 Å². The molecule has 3 amide bonds. The molecule has 0 aliphatic carbocycles. The van der Waals surface area contributed by atoms with Crippen LogP contribution in [0.1, 0.15) is 40.4 Å².